The average molecular weight is 276 g/mol. The maximum atomic E-state index is 11.7. The zero-order chi connectivity index (χ0) is 10.8. The number of alkyl halides is 1. The molecule has 1 amide bonds. The number of halogens is 1. The number of carbonyl (C=O) groups is 1. The molecule has 15 heavy (non-hydrogen) atoms. The van der Waals surface area contributed by atoms with Crippen LogP contribution in [0.25, 0.3) is 0 Å². The van der Waals surface area contributed by atoms with Crippen LogP contribution >= 0.6 is 15.9 Å². The fraction of sp³-hybridized carbons (Fsp3) is 0.909. The first-order valence-electron chi connectivity index (χ1n) is 5.77. The zero-order valence-corrected chi connectivity index (χ0v) is 10.4. The summed E-state index contributed by atoms with van der Waals surface area (Å²) < 4.78 is 0. The van der Waals surface area contributed by atoms with Crippen molar-refractivity contribution < 1.29 is 9.90 Å². The lowest BCUT2D eigenvalue weighted by Crippen LogP contribution is -2.34. The highest BCUT2D eigenvalue weighted by Crippen LogP contribution is 2.27. The first-order valence-corrected chi connectivity index (χ1v) is 6.69. The molecule has 1 aliphatic heterocycles. The highest BCUT2D eigenvalue weighted by molar-refractivity contribution is 9.10. The van der Waals surface area contributed by atoms with Gasteiger partial charge in [0.2, 0.25) is 5.91 Å². The van der Waals surface area contributed by atoms with Gasteiger partial charge in [0.15, 0.2) is 0 Å². The molecule has 1 aliphatic carbocycles. The summed E-state index contributed by atoms with van der Waals surface area (Å²) in [5.74, 6) is 0.858. The maximum absolute atomic E-state index is 11.7. The van der Waals surface area contributed by atoms with Gasteiger partial charge in [-0.05, 0) is 38.0 Å². The van der Waals surface area contributed by atoms with Crippen LogP contribution in [0.15, 0.2) is 0 Å². The third-order valence-electron chi connectivity index (χ3n) is 3.53. The first kappa shape index (κ1) is 11.4. The molecule has 0 radical (unpaired) electrons. The molecular weight excluding hydrogens is 258 g/mol. The predicted octanol–water partition coefficient (Wildman–Crippen LogP) is 1.53. The fourth-order valence-corrected chi connectivity index (χ4v) is 3.02. The quantitative estimate of drug-likeness (QED) is 0.777. The van der Waals surface area contributed by atoms with Crippen molar-refractivity contribution in [1.29, 1.82) is 0 Å². The maximum Gasteiger partial charge on any atom is 0.236 e. The molecule has 0 aromatic carbocycles. The Hall–Kier alpha value is -0.0900. The number of aliphatic hydroxyl groups is 1. The summed E-state index contributed by atoms with van der Waals surface area (Å²) in [5, 5.41) is 9.39. The van der Waals surface area contributed by atoms with E-state index in [4.69, 9.17) is 0 Å². The van der Waals surface area contributed by atoms with Gasteiger partial charge in [0.25, 0.3) is 0 Å². The second-order valence-electron chi connectivity index (χ2n) is 4.72. The topological polar surface area (TPSA) is 40.5 Å². The Balaban J connectivity index is 1.80. The van der Waals surface area contributed by atoms with E-state index < -0.39 is 0 Å². The van der Waals surface area contributed by atoms with Gasteiger partial charge in [-0.3, -0.25) is 4.79 Å². The number of carbonyl (C=O) groups excluding carboxylic acids is 1. The zero-order valence-electron chi connectivity index (χ0n) is 8.86. The first-order chi connectivity index (χ1) is 7.16. The molecular formula is C11H18BrNO2. The molecule has 1 unspecified atom stereocenters. The lowest BCUT2D eigenvalue weighted by Gasteiger charge is -2.29. The van der Waals surface area contributed by atoms with E-state index in [1.54, 1.807) is 0 Å². The number of hydrogen-bond donors (Lipinski definition) is 1. The molecule has 0 spiro atoms. The van der Waals surface area contributed by atoms with Crippen LogP contribution in [-0.4, -0.2) is 39.9 Å². The molecule has 2 fully saturated rings. The minimum Gasteiger partial charge on any atom is -0.393 e. The Morgan fingerprint density at radius 3 is 2.47 bits per heavy atom. The minimum absolute atomic E-state index is 0.0479. The highest BCUT2D eigenvalue weighted by atomic mass is 79.9. The second-order valence-corrected chi connectivity index (χ2v) is 5.82. The molecule has 1 N–H and O–H groups in total. The van der Waals surface area contributed by atoms with Crippen molar-refractivity contribution in [3.05, 3.63) is 0 Å². The monoisotopic (exact) mass is 275 g/mol. The number of aliphatic hydroxyl groups excluding tert-OH is 1. The molecule has 4 heteroatoms. The summed E-state index contributed by atoms with van der Waals surface area (Å²) in [6.07, 6.45) is 4.79. The highest BCUT2D eigenvalue weighted by Gasteiger charge is 2.31. The summed E-state index contributed by atoms with van der Waals surface area (Å²) in [5.41, 5.74) is 0. The molecule has 1 atom stereocenters. The molecule has 3 nitrogen and oxygen atoms in total. The Labute approximate surface area is 99.0 Å². The van der Waals surface area contributed by atoms with Crippen molar-refractivity contribution in [2.45, 2.75) is 43.0 Å². The van der Waals surface area contributed by atoms with Gasteiger partial charge in [0.1, 0.15) is 0 Å². The van der Waals surface area contributed by atoms with E-state index in [9.17, 15) is 9.90 Å². The second kappa shape index (κ2) is 4.83. The SMILES string of the molecule is O=C1C(Br)CCN1CC1CCC(O)CC1. The summed E-state index contributed by atoms with van der Waals surface area (Å²) in [6, 6.07) is 0. The van der Waals surface area contributed by atoms with E-state index in [1.165, 1.54) is 0 Å². The molecule has 2 rings (SSSR count). The van der Waals surface area contributed by atoms with Gasteiger partial charge in [-0.15, -0.1) is 0 Å². The summed E-state index contributed by atoms with van der Waals surface area (Å²) >= 11 is 3.39. The van der Waals surface area contributed by atoms with E-state index in [2.05, 4.69) is 15.9 Å². The van der Waals surface area contributed by atoms with Crippen LogP contribution < -0.4 is 0 Å². The van der Waals surface area contributed by atoms with Crippen LogP contribution in [-0.2, 0) is 4.79 Å². The van der Waals surface area contributed by atoms with Gasteiger partial charge in [0, 0.05) is 13.1 Å². The van der Waals surface area contributed by atoms with Crippen LogP contribution in [0.4, 0.5) is 0 Å². The Bertz CT molecular complexity index is 239. The standard InChI is InChI=1S/C11H18BrNO2/c12-10-5-6-13(11(10)15)7-8-1-3-9(14)4-2-8/h8-10,14H,1-7H2. The number of hydrogen-bond acceptors (Lipinski definition) is 2. The normalized spacial score (nSPS) is 37.3. The van der Waals surface area contributed by atoms with Gasteiger partial charge in [-0.2, -0.15) is 0 Å². The van der Waals surface area contributed by atoms with Crippen LogP contribution in [0.5, 0.6) is 0 Å². The lowest BCUT2D eigenvalue weighted by molar-refractivity contribution is -0.127. The molecule has 0 aromatic heterocycles. The molecule has 1 saturated heterocycles. The van der Waals surface area contributed by atoms with Crippen LogP contribution in [0.2, 0.25) is 0 Å². The molecule has 86 valence electrons. The van der Waals surface area contributed by atoms with Crippen molar-refractivity contribution in [2.75, 3.05) is 13.1 Å². The van der Waals surface area contributed by atoms with Crippen molar-refractivity contribution in [3.63, 3.8) is 0 Å². The Morgan fingerprint density at radius 1 is 1.27 bits per heavy atom. The van der Waals surface area contributed by atoms with Crippen molar-refractivity contribution in [3.8, 4) is 0 Å². The predicted molar refractivity (Wildman–Crippen MR) is 61.9 cm³/mol. The van der Waals surface area contributed by atoms with Crippen LogP contribution in [0, 0.1) is 5.92 Å². The van der Waals surface area contributed by atoms with Crippen molar-refractivity contribution in [1.82, 2.24) is 4.90 Å². The van der Waals surface area contributed by atoms with Gasteiger partial charge in [-0.1, -0.05) is 15.9 Å². The van der Waals surface area contributed by atoms with Gasteiger partial charge in [0.05, 0.1) is 10.9 Å². The van der Waals surface area contributed by atoms with Gasteiger partial charge in [-0.25, -0.2) is 0 Å². The van der Waals surface area contributed by atoms with Gasteiger partial charge < -0.3 is 10.0 Å². The minimum atomic E-state index is -0.0977. The third-order valence-corrected chi connectivity index (χ3v) is 4.38. The number of likely N-dealkylation sites (tertiary alicyclic amines) is 1. The molecule has 1 heterocycles. The molecule has 0 bridgehead atoms. The lowest BCUT2D eigenvalue weighted by atomic mass is 9.87. The number of nitrogens with zero attached hydrogens (tertiary/aromatic N) is 1. The van der Waals surface area contributed by atoms with E-state index in [0.29, 0.717) is 5.92 Å². The Morgan fingerprint density at radius 2 is 1.93 bits per heavy atom. The van der Waals surface area contributed by atoms with E-state index >= 15 is 0 Å². The summed E-state index contributed by atoms with van der Waals surface area (Å²) in [6.45, 7) is 1.79. The molecule has 0 aromatic rings. The summed E-state index contributed by atoms with van der Waals surface area (Å²) in [7, 11) is 0. The van der Waals surface area contributed by atoms with E-state index in [1.807, 2.05) is 4.90 Å². The number of rotatable bonds is 2. The van der Waals surface area contributed by atoms with Crippen LogP contribution in [0.3, 0.4) is 0 Å². The van der Waals surface area contributed by atoms with Crippen molar-refractivity contribution >= 4 is 21.8 Å². The molecule has 2 aliphatic rings. The van der Waals surface area contributed by atoms with Crippen LogP contribution in [0.1, 0.15) is 32.1 Å². The Kier molecular flexibility index (Phi) is 3.67. The smallest absolute Gasteiger partial charge is 0.236 e. The largest absolute Gasteiger partial charge is 0.393 e. The fourth-order valence-electron chi connectivity index (χ4n) is 2.52. The van der Waals surface area contributed by atoms with E-state index in [-0.39, 0.29) is 16.8 Å². The summed E-state index contributed by atoms with van der Waals surface area (Å²) in [4.78, 5) is 13.7. The van der Waals surface area contributed by atoms with Crippen molar-refractivity contribution in [2.24, 2.45) is 5.92 Å². The average Bonchev–Trinajstić information content (AvgIpc) is 2.53. The van der Waals surface area contributed by atoms with E-state index in [0.717, 1.165) is 45.2 Å². The molecule has 1 saturated carbocycles. The third kappa shape index (κ3) is 2.72. The van der Waals surface area contributed by atoms with Gasteiger partial charge >= 0.3 is 0 Å². The number of amides is 1.